The predicted molar refractivity (Wildman–Crippen MR) is 145 cm³/mol. The zero-order valence-electron chi connectivity index (χ0n) is 21.8. The third kappa shape index (κ3) is 12.7. The van der Waals surface area contributed by atoms with Crippen LogP contribution in [0, 0.1) is 0 Å². The number of carbonyl (C=O) groups excluding carboxylic acids is 1. The lowest BCUT2D eigenvalue weighted by atomic mass is 10.0. The molecule has 0 saturated carbocycles. The molecule has 1 aliphatic heterocycles. The van der Waals surface area contributed by atoms with Crippen molar-refractivity contribution in [2.75, 3.05) is 0 Å². The van der Waals surface area contributed by atoms with Crippen LogP contribution in [0.15, 0.2) is 75.7 Å². The molecule has 2 atom stereocenters. The average Bonchev–Trinajstić information content (AvgIpc) is 3.27. The number of nitrogens with one attached hydrogen (secondary N) is 1. The Balaban J connectivity index is 0.000000657. The molecule has 0 aliphatic carbocycles. The van der Waals surface area contributed by atoms with E-state index in [1.54, 1.807) is 26.8 Å². The van der Waals surface area contributed by atoms with Crippen molar-refractivity contribution in [1.82, 2.24) is 5.43 Å². The lowest BCUT2D eigenvalue weighted by Gasteiger charge is -2.18. The second-order valence-corrected chi connectivity index (χ2v) is 8.20. The van der Waals surface area contributed by atoms with E-state index in [1.807, 2.05) is 13.8 Å². The lowest BCUT2D eigenvalue weighted by molar-refractivity contribution is -0.147. The molecule has 34 heavy (non-hydrogen) atoms. The quantitative estimate of drug-likeness (QED) is 0.233. The molecule has 1 aliphatic rings. The fourth-order valence-electron chi connectivity index (χ4n) is 3.00. The van der Waals surface area contributed by atoms with Crippen molar-refractivity contribution in [3.8, 4) is 0 Å². The zero-order chi connectivity index (χ0) is 25.9. The summed E-state index contributed by atoms with van der Waals surface area (Å²) in [6, 6.07) is 0.462. The average molecular weight is 493 g/mol. The molecule has 1 N–H and O–H groups in total. The van der Waals surface area contributed by atoms with Gasteiger partial charge in [0.15, 0.2) is 0 Å². The van der Waals surface area contributed by atoms with Crippen LogP contribution >= 0.6 is 11.6 Å². The highest BCUT2D eigenvalue weighted by Crippen LogP contribution is 2.22. The standard InChI is InChI=1S/C15H22ClFO2.C13H20N2/c1-5-9-14(19-15(18)8-4)11(6-2)10-13(17)12(16)7-3;1-4-6-7-9-12(8-5-2)13-10-11(3)14-15-13/h6-7,10,14H,5,8-9H2,1-4H3;5-9,11,14H,4,10H2,1-3H3/b11-6+,12-7+,13-10+;7-6+,8-5-,12-9+. The van der Waals surface area contributed by atoms with E-state index in [-0.39, 0.29) is 11.0 Å². The Morgan fingerprint density at radius 1 is 1.26 bits per heavy atom. The highest BCUT2D eigenvalue weighted by atomic mass is 35.5. The Morgan fingerprint density at radius 2 is 1.97 bits per heavy atom. The minimum atomic E-state index is -0.522. The summed E-state index contributed by atoms with van der Waals surface area (Å²) < 4.78 is 19.1. The van der Waals surface area contributed by atoms with Gasteiger partial charge in [-0.15, -0.1) is 0 Å². The summed E-state index contributed by atoms with van der Waals surface area (Å²) in [5.41, 5.74) is 6.08. The number of hydrazone groups is 1. The Bertz CT molecular complexity index is 835. The molecule has 0 fully saturated rings. The van der Waals surface area contributed by atoms with Gasteiger partial charge in [0.05, 0.1) is 10.7 Å². The Hall–Kier alpha value is -2.40. The topological polar surface area (TPSA) is 50.7 Å². The van der Waals surface area contributed by atoms with E-state index in [4.69, 9.17) is 16.3 Å². The van der Waals surface area contributed by atoms with Gasteiger partial charge in [-0.3, -0.25) is 4.79 Å². The van der Waals surface area contributed by atoms with Crippen molar-refractivity contribution in [1.29, 1.82) is 0 Å². The van der Waals surface area contributed by atoms with Crippen LogP contribution in [0.5, 0.6) is 0 Å². The van der Waals surface area contributed by atoms with Crippen molar-refractivity contribution in [2.45, 2.75) is 92.7 Å². The van der Waals surface area contributed by atoms with Crippen molar-refractivity contribution in [3.63, 3.8) is 0 Å². The van der Waals surface area contributed by atoms with Gasteiger partial charge in [-0.1, -0.05) is 81.3 Å². The van der Waals surface area contributed by atoms with Gasteiger partial charge < -0.3 is 10.2 Å². The monoisotopic (exact) mass is 492 g/mol. The third-order valence-corrected chi connectivity index (χ3v) is 5.24. The molecule has 0 spiro atoms. The summed E-state index contributed by atoms with van der Waals surface area (Å²) in [6.45, 7) is 13.5. The molecule has 6 heteroatoms. The van der Waals surface area contributed by atoms with Gasteiger partial charge in [-0.25, -0.2) is 4.39 Å². The maximum atomic E-state index is 13.7. The van der Waals surface area contributed by atoms with E-state index in [0.29, 0.717) is 24.5 Å². The number of nitrogens with zero attached hydrogens (tertiary/aromatic N) is 1. The first-order chi connectivity index (χ1) is 16.3. The fraction of sp³-hybridized carbons (Fsp3) is 0.500. The van der Waals surface area contributed by atoms with Crippen molar-refractivity contribution < 1.29 is 13.9 Å². The number of carbonyl (C=O) groups is 1. The number of hydrogen-bond donors (Lipinski definition) is 1. The smallest absolute Gasteiger partial charge is 0.306 e. The predicted octanol–water partition coefficient (Wildman–Crippen LogP) is 8.24. The van der Waals surface area contributed by atoms with E-state index < -0.39 is 11.9 Å². The van der Waals surface area contributed by atoms with Crippen LogP contribution < -0.4 is 5.43 Å². The number of ether oxygens (including phenoxy) is 1. The molecular formula is C28H42ClFN2O2. The molecular weight excluding hydrogens is 451 g/mol. The molecule has 4 nitrogen and oxygen atoms in total. The lowest BCUT2D eigenvalue weighted by Crippen LogP contribution is -2.19. The second kappa shape index (κ2) is 19.0. The molecule has 0 amide bonds. The Labute approximate surface area is 211 Å². The highest BCUT2D eigenvalue weighted by Gasteiger charge is 2.17. The largest absolute Gasteiger partial charge is 0.457 e. The zero-order valence-corrected chi connectivity index (χ0v) is 22.6. The van der Waals surface area contributed by atoms with Crippen LogP contribution in [0.25, 0.3) is 0 Å². The SMILES string of the molecule is C\C=C(Cl)/C(F)=C\C(=C/C)C(CCC)OC(=O)CC.C\C=C/C(=C\C=C\CC)C1=NNC(C)C1. The third-order valence-electron chi connectivity index (χ3n) is 4.84. The van der Waals surface area contributed by atoms with Crippen LogP contribution in [0.3, 0.4) is 0 Å². The van der Waals surface area contributed by atoms with Gasteiger partial charge in [-0.2, -0.15) is 5.10 Å². The molecule has 2 unspecified atom stereocenters. The van der Waals surface area contributed by atoms with Crippen LogP contribution in [-0.4, -0.2) is 23.8 Å². The van der Waals surface area contributed by atoms with E-state index in [9.17, 15) is 9.18 Å². The first-order valence-corrected chi connectivity index (χ1v) is 12.5. The van der Waals surface area contributed by atoms with Crippen molar-refractivity contribution in [2.24, 2.45) is 5.10 Å². The number of allylic oxidation sites excluding steroid dienone is 10. The van der Waals surface area contributed by atoms with Gasteiger partial charge in [0, 0.05) is 18.9 Å². The van der Waals surface area contributed by atoms with Crippen molar-refractivity contribution >= 4 is 23.3 Å². The molecule has 0 radical (unpaired) electrons. The summed E-state index contributed by atoms with van der Waals surface area (Å²) >= 11 is 5.71. The van der Waals surface area contributed by atoms with Gasteiger partial charge in [0.1, 0.15) is 11.9 Å². The molecule has 0 bridgehead atoms. The molecule has 1 heterocycles. The first-order valence-electron chi connectivity index (χ1n) is 12.1. The van der Waals surface area contributed by atoms with Gasteiger partial charge in [0.25, 0.3) is 0 Å². The van der Waals surface area contributed by atoms with Crippen LogP contribution in [0.2, 0.25) is 0 Å². The molecule has 0 saturated heterocycles. The number of rotatable bonds is 11. The molecule has 1 rings (SSSR count). The Kier molecular flexibility index (Phi) is 17.6. The summed E-state index contributed by atoms with van der Waals surface area (Å²) in [4.78, 5) is 11.4. The van der Waals surface area contributed by atoms with Gasteiger partial charge in [0.2, 0.25) is 0 Å². The van der Waals surface area contributed by atoms with E-state index in [1.165, 1.54) is 17.7 Å². The maximum absolute atomic E-state index is 13.7. The van der Waals surface area contributed by atoms with Gasteiger partial charge >= 0.3 is 5.97 Å². The van der Waals surface area contributed by atoms with Crippen LogP contribution in [0.4, 0.5) is 4.39 Å². The van der Waals surface area contributed by atoms with Crippen LogP contribution in [0.1, 0.15) is 80.6 Å². The van der Waals surface area contributed by atoms with E-state index in [0.717, 1.165) is 25.0 Å². The molecule has 190 valence electrons. The summed E-state index contributed by atoms with van der Waals surface area (Å²) in [5.74, 6) is -0.811. The van der Waals surface area contributed by atoms with Gasteiger partial charge in [-0.05, 0) is 57.8 Å². The maximum Gasteiger partial charge on any atom is 0.306 e. The van der Waals surface area contributed by atoms with Crippen LogP contribution in [-0.2, 0) is 9.53 Å². The normalized spacial score (nSPS) is 18.5. The number of hydrogen-bond acceptors (Lipinski definition) is 4. The number of halogens is 2. The summed E-state index contributed by atoms with van der Waals surface area (Å²) in [5, 5.41) is 4.38. The number of esters is 1. The van der Waals surface area contributed by atoms with Crippen molar-refractivity contribution in [3.05, 3.63) is 70.6 Å². The summed E-state index contributed by atoms with van der Waals surface area (Å²) in [6.07, 6.45) is 18.5. The highest BCUT2D eigenvalue weighted by molar-refractivity contribution is 6.31. The minimum absolute atomic E-state index is 0.0522. The second-order valence-electron chi connectivity index (χ2n) is 7.79. The van der Waals surface area contributed by atoms with E-state index in [2.05, 4.69) is 54.8 Å². The molecule has 0 aromatic heterocycles. The fourth-order valence-corrected chi connectivity index (χ4v) is 3.05. The Morgan fingerprint density at radius 3 is 2.44 bits per heavy atom. The van der Waals surface area contributed by atoms with E-state index >= 15 is 0 Å². The molecule has 0 aromatic rings. The minimum Gasteiger partial charge on any atom is -0.457 e. The first kappa shape index (κ1) is 31.6. The molecule has 0 aromatic carbocycles. The summed E-state index contributed by atoms with van der Waals surface area (Å²) in [7, 11) is 0.